The van der Waals surface area contributed by atoms with Gasteiger partial charge in [0.25, 0.3) is 0 Å². The van der Waals surface area contributed by atoms with Crippen LogP contribution >= 0.6 is 11.6 Å². The van der Waals surface area contributed by atoms with Crippen molar-refractivity contribution in [3.63, 3.8) is 0 Å². The Balaban J connectivity index is 2.18. The van der Waals surface area contributed by atoms with E-state index in [0.29, 0.717) is 24.9 Å². The largest absolute Gasteiger partial charge is 0.388 e. The van der Waals surface area contributed by atoms with Gasteiger partial charge in [0.15, 0.2) is 0 Å². The number of nitrogens with zero attached hydrogens (tertiary/aromatic N) is 5. The number of aliphatic hydroxyl groups is 1. The number of imidazole rings is 1. The summed E-state index contributed by atoms with van der Waals surface area (Å²) in [5.41, 5.74) is -0.825. The maximum atomic E-state index is 9.93. The Morgan fingerprint density at radius 2 is 2.21 bits per heavy atom. The standard InChI is InChI=1S/C11H15ClN6O/c1-3-11(2,19)6-14-9-15-8(12)16-10(17-9)18-5-4-13-7-18/h4-5,7,19H,3,6H2,1-2H3,(H,14,15,16,17). The van der Waals surface area contributed by atoms with Gasteiger partial charge in [-0.3, -0.25) is 4.57 Å². The summed E-state index contributed by atoms with van der Waals surface area (Å²) in [6, 6.07) is 0. The van der Waals surface area contributed by atoms with Crippen LogP contribution in [0.1, 0.15) is 20.3 Å². The first-order valence-electron chi connectivity index (χ1n) is 5.86. The second-order valence-corrected chi connectivity index (χ2v) is 4.74. The molecule has 0 aromatic carbocycles. The van der Waals surface area contributed by atoms with Crippen LogP contribution in [0.3, 0.4) is 0 Å². The average Bonchev–Trinajstić information content (AvgIpc) is 2.90. The molecule has 2 N–H and O–H groups in total. The quantitative estimate of drug-likeness (QED) is 0.859. The summed E-state index contributed by atoms with van der Waals surface area (Å²) in [4.78, 5) is 16.1. The third-order valence-corrected chi connectivity index (χ3v) is 2.89. The van der Waals surface area contributed by atoms with Crippen LogP contribution < -0.4 is 5.32 Å². The van der Waals surface area contributed by atoms with Crippen molar-refractivity contribution in [1.82, 2.24) is 24.5 Å². The minimum Gasteiger partial charge on any atom is -0.388 e. The van der Waals surface area contributed by atoms with Gasteiger partial charge in [0.1, 0.15) is 6.33 Å². The monoisotopic (exact) mass is 282 g/mol. The fraction of sp³-hybridized carbons (Fsp3) is 0.455. The Hall–Kier alpha value is -1.73. The highest BCUT2D eigenvalue weighted by Gasteiger charge is 2.18. The molecule has 0 saturated heterocycles. The van der Waals surface area contributed by atoms with Gasteiger partial charge in [-0.1, -0.05) is 6.92 Å². The van der Waals surface area contributed by atoms with Crippen LogP contribution in [0, 0.1) is 0 Å². The Kier molecular flexibility index (Phi) is 3.96. The maximum absolute atomic E-state index is 9.93. The summed E-state index contributed by atoms with van der Waals surface area (Å²) in [7, 11) is 0. The summed E-state index contributed by atoms with van der Waals surface area (Å²) in [5, 5.41) is 13.0. The number of rotatable bonds is 5. The van der Waals surface area contributed by atoms with Crippen molar-refractivity contribution in [2.24, 2.45) is 0 Å². The summed E-state index contributed by atoms with van der Waals surface area (Å²) >= 11 is 5.85. The topological polar surface area (TPSA) is 88.8 Å². The lowest BCUT2D eigenvalue weighted by Crippen LogP contribution is -2.33. The minimum absolute atomic E-state index is 0.0809. The van der Waals surface area contributed by atoms with Gasteiger partial charge in [-0.25, -0.2) is 4.98 Å². The predicted molar refractivity (Wildman–Crippen MR) is 71.4 cm³/mol. The van der Waals surface area contributed by atoms with Gasteiger partial charge in [0, 0.05) is 18.9 Å². The average molecular weight is 283 g/mol. The highest BCUT2D eigenvalue weighted by Crippen LogP contribution is 2.12. The molecule has 2 rings (SSSR count). The molecule has 0 radical (unpaired) electrons. The molecule has 2 aromatic heterocycles. The van der Waals surface area contributed by atoms with Crippen molar-refractivity contribution in [3.8, 4) is 5.95 Å². The first kappa shape index (κ1) is 13.7. The van der Waals surface area contributed by atoms with Crippen molar-refractivity contribution in [2.45, 2.75) is 25.9 Å². The van der Waals surface area contributed by atoms with E-state index in [1.807, 2.05) is 6.92 Å². The summed E-state index contributed by atoms with van der Waals surface area (Å²) < 4.78 is 1.62. The van der Waals surface area contributed by atoms with Crippen molar-refractivity contribution < 1.29 is 5.11 Å². The zero-order chi connectivity index (χ0) is 13.9. The van der Waals surface area contributed by atoms with E-state index in [1.165, 1.54) is 0 Å². The lowest BCUT2D eigenvalue weighted by atomic mass is 10.0. The molecule has 0 spiro atoms. The molecule has 0 aliphatic rings. The van der Waals surface area contributed by atoms with E-state index < -0.39 is 5.60 Å². The molecule has 2 aromatic rings. The number of hydrogen-bond donors (Lipinski definition) is 2. The number of aromatic nitrogens is 5. The Labute approximate surface area is 115 Å². The predicted octanol–water partition coefficient (Wildman–Crippen LogP) is 1.28. The number of halogens is 1. The smallest absolute Gasteiger partial charge is 0.241 e. The molecule has 1 atom stereocenters. The lowest BCUT2D eigenvalue weighted by Gasteiger charge is -2.21. The summed E-state index contributed by atoms with van der Waals surface area (Å²) in [6.45, 7) is 3.96. The Morgan fingerprint density at radius 3 is 2.84 bits per heavy atom. The molecule has 19 heavy (non-hydrogen) atoms. The molecule has 0 bridgehead atoms. The highest BCUT2D eigenvalue weighted by atomic mass is 35.5. The lowest BCUT2D eigenvalue weighted by molar-refractivity contribution is 0.0695. The van der Waals surface area contributed by atoms with Crippen LogP contribution in [0.15, 0.2) is 18.7 Å². The molecular weight excluding hydrogens is 268 g/mol. The van der Waals surface area contributed by atoms with Gasteiger partial charge in [-0.2, -0.15) is 15.0 Å². The molecule has 0 fully saturated rings. The van der Waals surface area contributed by atoms with E-state index in [4.69, 9.17) is 11.6 Å². The van der Waals surface area contributed by atoms with E-state index in [2.05, 4.69) is 25.3 Å². The van der Waals surface area contributed by atoms with E-state index in [0.717, 1.165) is 0 Å². The van der Waals surface area contributed by atoms with Gasteiger partial charge in [-0.15, -0.1) is 0 Å². The van der Waals surface area contributed by atoms with Crippen LogP contribution in [-0.4, -0.2) is 41.8 Å². The first-order chi connectivity index (χ1) is 9.00. The molecule has 2 heterocycles. The van der Waals surface area contributed by atoms with Gasteiger partial charge in [0.05, 0.1) is 5.60 Å². The maximum Gasteiger partial charge on any atom is 0.241 e. The van der Waals surface area contributed by atoms with Gasteiger partial charge >= 0.3 is 0 Å². The summed E-state index contributed by atoms with van der Waals surface area (Å²) in [5.74, 6) is 0.688. The Bertz CT molecular complexity index is 542. The van der Waals surface area contributed by atoms with Crippen molar-refractivity contribution in [1.29, 1.82) is 0 Å². The normalized spacial score (nSPS) is 14.1. The second kappa shape index (κ2) is 5.50. The van der Waals surface area contributed by atoms with Crippen LogP contribution in [0.4, 0.5) is 5.95 Å². The fourth-order valence-electron chi connectivity index (χ4n) is 1.31. The molecule has 8 heteroatoms. The minimum atomic E-state index is -0.825. The first-order valence-corrected chi connectivity index (χ1v) is 6.24. The number of anilines is 1. The zero-order valence-corrected chi connectivity index (χ0v) is 11.5. The molecule has 1 unspecified atom stereocenters. The zero-order valence-electron chi connectivity index (χ0n) is 10.7. The number of hydrogen-bond acceptors (Lipinski definition) is 6. The van der Waals surface area contributed by atoms with Crippen molar-refractivity contribution in [2.75, 3.05) is 11.9 Å². The highest BCUT2D eigenvalue weighted by molar-refractivity contribution is 6.28. The van der Waals surface area contributed by atoms with Crippen LogP contribution in [0.2, 0.25) is 5.28 Å². The van der Waals surface area contributed by atoms with Gasteiger partial charge in [0.2, 0.25) is 17.2 Å². The van der Waals surface area contributed by atoms with Crippen molar-refractivity contribution >= 4 is 17.5 Å². The molecule has 0 aliphatic carbocycles. The number of nitrogens with one attached hydrogen (secondary N) is 1. The van der Waals surface area contributed by atoms with E-state index in [9.17, 15) is 5.11 Å². The van der Waals surface area contributed by atoms with Crippen LogP contribution in [0.25, 0.3) is 5.95 Å². The molecule has 0 saturated carbocycles. The van der Waals surface area contributed by atoms with Crippen LogP contribution in [-0.2, 0) is 0 Å². The third-order valence-electron chi connectivity index (χ3n) is 2.72. The van der Waals surface area contributed by atoms with E-state index in [1.54, 1.807) is 30.2 Å². The van der Waals surface area contributed by atoms with Crippen LogP contribution in [0.5, 0.6) is 0 Å². The van der Waals surface area contributed by atoms with Gasteiger partial charge in [-0.05, 0) is 24.9 Å². The van der Waals surface area contributed by atoms with Crippen molar-refractivity contribution in [3.05, 3.63) is 24.0 Å². The molecule has 102 valence electrons. The second-order valence-electron chi connectivity index (χ2n) is 4.40. The van der Waals surface area contributed by atoms with E-state index >= 15 is 0 Å². The summed E-state index contributed by atoms with van der Waals surface area (Å²) in [6.07, 6.45) is 5.51. The Morgan fingerprint density at radius 1 is 1.42 bits per heavy atom. The SMILES string of the molecule is CCC(C)(O)CNc1nc(Cl)nc(-n2ccnc2)n1. The molecule has 7 nitrogen and oxygen atoms in total. The molecular formula is C11H15ClN6O. The molecule has 0 amide bonds. The molecule has 0 aliphatic heterocycles. The van der Waals surface area contributed by atoms with Gasteiger partial charge < -0.3 is 10.4 Å². The fourth-order valence-corrected chi connectivity index (χ4v) is 1.46. The third kappa shape index (κ3) is 3.62. The van der Waals surface area contributed by atoms with E-state index in [-0.39, 0.29) is 5.28 Å².